The molecule has 1 amide bonds. The fraction of sp³-hybridized carbons (Fsp3) is 0.0385. The van der Waals surface area contributed by atoms with E-state index in [4.69, 9.17) is 16.3 Å². The largest absolute Gasteiger partial charge is 0.494 e. The number of hydrogen-bond donors (Lipinski definition) is 4. The number of aromatic nitrogens is 2. The lowest BCUT2D eigenvalue weighted by Crippen LogP contribution is -2.13. The van der Waals surface area contributed by atoms with Gasteiger partial charge in [-0.2, -0.15) is 4.98 Å². The average Bonchev–Trinajstić information content (AvgIpc) is 2.91. The van der Waals surface area contributed by atoms with E-state index in [0.717, 1.165) is 24.3 Å². The lowest BCUT2D eigenvalue weighted by molar-refractivity contribution is -0.111. The predicted molar refractivity (Wildman–Crippen MR) is 149 cm³/mol. The van der Waals surface area contributed by atoms with Crippen LogP contribution in [0.2, 0.25) is 5.02 Å². The van der Waals surface area contributed by atoms with E-state index in [1.807, 2.05) is 0 Å². The third-order valence-electron chi connectivity index (χ3n) is 5.15. The summed E-state index contributed by atoms with van der Waals surface area (Å²) in [4.78, 5) is 20.1. The number of carbonyl (C=O) groups excluding carboxylic acids is 1. The number of carbonyl (C=O) groups is 1. The molecule has 0 spiro atoms. The van der Waals surface area contributed by atoms with Gasteiger partial charge in [0.2, 0.25) is 11.9 Å². The minimum Gasteiger partial charge on any atom is -0.494 e. The zero-order valence-electron chi connectivity index (χ0n) is 20.4. The highest BCUT2D eigenvalue weighted by Gasteiger charge is 2.17. The van der Waals surface area contributed by atoms with Crippen LogP contribution in [0.15, 0.2) is 90.5 Å². The Morgan fingerprint density at radius 2 is 1.74 bits per heavy atom. The van der Waals surface area contributed by atoms with Gasteiger partial charge in [0.1, 0.15) is 16.6 Å². The summed E-state index contributed by atoms with van der Waals surface area (Å²) in [5.41, 5.74) is 1.84. The summed E-state index contributed by atoms with van der Waals surface area (Å²) in [5.74, 6) is -0.174. The quantitative estimate of drug-likeness (QED) is 0.179. The van der Waals surface area contributed by atoms with Crippen LogP contribution in [0.25, 0.3) is 0 Å². The van der Waals surface area contributed by atoms with E-state index in [9.17, 15) is 17.6 Å². The van der Waals surface area contributed by atoms with Crippen molar-refractivity contribution in [1.29, 1.82) is 0 Å². The molecular weight excluding hydrogens is 547 g/mol. The number of rotatable bonds is 10. The number of halogens is 2. The molecule has 0 saturated heterocycles. The second kappa shape index (κ2) is 11.8. The Morgan fingerprint density at radius 1 is 1.03 bits per heavy atom. The Labute approximate surface area is 229 Å². The molecule has 0 saturated carbocycles. The second-order valence-electron chi connectivity index (χ2n) is 7.89. The fourth-order valence-electron chi connectivity index (χ4n) is 3.32. The maximum atomic E-state index is 13.2. The van der Waals surface area contributed by atoms with Crippen LogP contribution in [0, 0.1) is 5.82 Å². The van der Waals surface area contributed by atoms with Crippen LogP contribution in [0.4, 0.5) is 38.9 Å². The van der Waals surface area contributed by atoms with Crippen molar-refractivity contribution in [3.8, 4) is 5.75 Å². The smallest absolute Gasteiger partial charge is 0.262 e. The van der Waals surface area contributed by atoms with E-state index in [0.29, 0.717) is 22.9 Å². The molecule has 10 nitrogen and oxygen atoms in total. The summed E-state index contributed by atoms with van der Waals surface area (Å²) in [6.45, 7) is 3.43. The van der Waals surface area contributed by atoms with E-state index in [1.165, 1.54) is 25.4 Å². The normalized spacial score (nSPS) is 10.8. The fourth-order valence-corrected chi connectivity index (χ4v) is 4.53. The molecule has 3 aromatic carbocycles. The molecule has 0 fully saturated rings. The van der Waals surface area contributed by atoms with Gasteiger partial charge >= 0.3 is 0 Å². The highest BCUT2D eigenvalue weighted by atomic mass is 35.5. The first-order valence-electron chi connectivity index (χ1n) is 11.2. The van der Waals surface area contributed by atoms with Gasteiger partial charge < -0.3 is 20.7 Å². The third-order valence-corrected chi connectivity index (χ3v) is 6.81. The Morgan fingerprint density at radius 3 is 2.46 bits per heavy atom. The minimum atomic E-state index is -3.98. The predicted octanol–water partition coefficient (Wildman–Crippen LogP) is 5.69. The van der Waals surface area contributed by atoms with Gasteiger partial charge in [-0.05, 0) is 60.7 Å². The van der Waals surface area contributed by atoms with E-state index in [-0.39, 0.29) is 33.2 Å². The molecule has 0 unspecified atom stereocenters. The number of ether oxygens (including phenoxy) is 1. The molecule has 0 aliphatic heterocycles. The molecule has 4 aromatic rings. The highest BCUT2D eigenvalue weighted by Crippen LogP contribution is 2.32. The molecule has 0 aliphatic carbocycles. The van der Waals surface area contributed by atoms with Crippen molar-refractivity contribution in [2.24, 2.45) is 0 Å². The van der Waals surface area contributed by atoms with Crippen molar-refractivity contribution in [3.05, 3.63) is 96.4 Å². The molecule has 1 aromatic heterocycles. The Balaban J connectivity index is 1.51. The first-order valence-corrected chi connectivity index (χ1v) is 13.1. The average molecular weight is 569 g/mol. The van der Waals surface area contributed by atoms with Crippen LogP contribution in [-0.2, 0) is 14.8 Å². The maximum Gasteiger partial charge on any atom is 0.262 e. The summed E-state index contributed by atoms with van der Waals surface area (Å²) in [7, 11) is -2.59. The van der Waals surface area contributed by atoms with Crippen molar-refractivity contribution in [2.45, 2.75) is 4.90 Å². The van der Waals surface area contributed by atoms with Crippen molar-refractivity contribution >= 4 is 62.0 Å². The second-order valence-corrected chi connectivity index (χ2v) is 9.98. The van der Waals surface area contributed by atoms with E-state index in [2.05, 4.69) is 37.2 Å². The number of amides is 1. The van der Waals surface area contributed by atoms with Crippen molar-refractivity contribution in [2.75, 3.05) is 27.8 Å². The minimum absolute atomic E-state index is 0.101. The Hall–Kier alpha value is -4.68. The molecule has 0 bridgehead atoms. The van der Waals surface area contributed by atoms with Crippen LogP contribution < -0.4 is 25.4 Å². The molecule has 13 heteroatoms. The molecule has 39 heavy (non-hydrogen) atoms. The van der Waals surface area contributed by atoms with Crippen molar-refractivity contribution in [3.63, 3.8) is 0 Å². The number of nitrogens with one attached hydrogen (secondary N) is 4. The van der Waals surface area contributed by atoms with Gasteiger partial charge in [-0.1, -0.05) is 24.2 Å². The molecule has 0 aliphatic rings. The zero-order valence-corrected chi connectivity index (χ0v) is 22.0. The number of hydrogen-bond acceptors (Lipinski definition) is 8. The summed E-state index contributed by atoms with van der Waals surface area (Å²) in [6, 6.07) is 16.0. The molecule has 4 rings (SSSR count). The van der Waals surface area contributed by atoms with Crippen LogP contribution in [0.1, 0.15) is 0 Å². The standard InChI is InChI=1S/C26H22ClFN6O4S/c1-3-24(35)30-17-5-4-6-18(13-17)31-25-21(27)15-29-26(33-25)32-19-9-12-22(23(14-19)38-2)34-39(36,37)20-10-7-16(28)8-11-20/h3-15,34H,1H2,2H3,(H,30,35)(H2,29,31,32,33). The van der Waals surface area contributed by atoms with Gasteiger partial charge in [-0.15, -0.1) is 0 Å². The molecule has 0 radical (unpaired) electrons. The summed E-state index contributed by atoms with van der Waals surface area (Å²) < 4.78 is 46.4. The van der Waals surface area contributed by atoms with E-state index in [1.54, 1.807) is 36.4 Å². The van der Waals surface area contributed by atoms with Crippen molar-refractivity contribution < 1.29 is 22.3 Å². The summed E-state index contributed by atoms with van der Waals surface area (Å²) in [5, 5.41) is 9.03. The molecule has 1 heterocycles. The van der Waals surface area contributed by atoms with Crippen LogP contribution in [-0.4, -0.2) is 31.4 Å². The van der Waals surface area contributed by atoms with E-state index >= 15 is 0 Å². The van der Waals surface area contributed by atoms with Gasteiger partial charge in [0.05, 0.1) is 23.9 Å². The van der Waals surface area contributed by atoms with Crippen LogP contribution in [0.5, 0.6) is 5.75 Å². The number of methoxy groups -OCH3 is 1. The van der Waals surface area contributed by atoms with Gasteiger partial charge in [-0.25, -0.2) is 17.8 Å². The lowest BCUT2D eigenvalue weighted by Gasteiger charge is -2.14. The monoisotopic (exact) mass is 568 g/mol. The topological polar surface area (TPSA) is 134 Å². The SMILES string of the molecule is C=CC(=O)Nc1cccc(Nc2nc(Nc3ccc(NS(=O)(=O)c4ccc(F)cc4)c(OC)c3)ncc2Cl)c1. The first-order chi connectivity index (χ1) is 18.7. The maximum absolute atomic E-state index is 13.2. The molecule has 4 N–H and O–H groups in total. The van der Waals surface area contributed by atoms with Gasteiger partial charge in [0, 0.05) is 23.1 Å². The molecule has 0 atom stereocenters. The number of sulfonamides is 1. The Kier molecular flexibility index (Phi) is 8.27. The van der Waals surface area contributed by atoms with Gasteiger partial charge in [0.15, 0.2) is 5.82 Å². The lowest BCUT2D eigenvalue weighted by atomic mass is 10.2. The molecular formula is C26H22ClFN6O4S. The van der Waals surface area contributed by atoms with Crippen LogP contribution in [0.3, 0.4) is 0 Å². The van der Waals surface area contributed by atoms with Gasteiger partial charge in [-0.3, -0.25) is 9.52 Å². The van der Waals surface area contributed by atoms with Crippen molar-refractivity contribution in [1.82, 2.24) is 9.97 Å². The van der Waals surface area contributed by atoms with Crippen LogP contribution >= 0.6 is 11.6 Å². The van der Waals surface area contributed by atoms with E-state index < -0.39 is 15.8 Å². The number of anilines is 6. The zero-order chi connectivity index (χ0) is 28.0. The number of nitrogens with zero attached hydrogens (tertiary/aromatic N) is 2. The third kappa shape index (κ3) is 7.00. The number of benzene rings is 3. The highest BCUT2D eigenvalue weighted by molar-refractivity contribution is 7.92. The van der Waals surface area contributed by atoms with Gasteiger partial charge in [0.25, 0.3) is 10.0 Å². The summed E-state index contributed by atoms with van der Waals surface area (Å²) in [6.07, 6.45) is 2.58. The molecule has 200 valence electrons. The summed E-state index contributed by atoms with van der Waals surface area (Å²) >= 11 is 6.28. The first kappa shape index (κ1) is 27.4. The Bertz CT molecular complexity index is 1630.